The number of anilines is 2. The zero-order valence-electron chi connectivity index (χ0n) is 26.5. The van der Waals surface area contributed by atoms with Crippen LogP contribution in [-0.4, -0.2) is 126 Å². The van der Waals surface area contributed by atoms with Crippen molar-refractivity contribution in [1.82, 2.24) is 36.4 Å². The fraction of sp³-hybridized carbons (Fsp3) is 0.567. The first kappa shape index (κ1) is 37.0. The molecule has 0 saturated carbocycles. The highest BCUT2D eigenvalue weighted by Crippen LogP contribution is 2.36. The summed E-state index contributed by atoms with van der Waals surface area (Å²) in [5, 5.41) is 20.3. The standard InChI is InChI=1S/C30H42ClN9O6S2/c31-13-25(42)32-16-27(44)39-9-11-40(12-10-39)28(45)17-33-26(43)15-35-30(47)37-20-7-5-19(6-8-20)36-24(41)4-2-1-3-23-21-14-34-29(46)38-22(21)18-48-23/h5-8,21-23H,1-4,9-18H2,(H,32,42)(H,33,43)(H,36,41)(H2,34,38,46)(H2,35,37,47)/t21-,22-,23-/m0/s1. The Morgan fingerprint density at radius 3 is 2.06 bits per heavy atom. The Morgan fingerprint density at radius 1 is 0.833 bits per heavy atom. The number of thioether (sulfide) groups is 1. The first-order valence-corrected chi connectivity index (χ1v) is 17.9. The third-order valence-electron chi connectivity index (χ3n) is 8.26. The number of halogens is 1. The molecule has 3 aliphatic heterocycles. The minimum Gasteiger partial charge on any atom is -0.353 e. The lowest BCUT2D eigenvalue weighted by atomic mass is 9.92. The van der Waals surface area contributed by atoms with E-state index in [-0.39, 0.29) is 60.4 Å². The average molecular weight is 724 g/mol. The molecule has 0 bridgehead atoms. The Hall–Kier alpha value is -3.83. The molecule has 15 nitrogen and oxygen atoms in total. The number of thiocarbonyl (C=S) groups is 1. The minimum absolute atomic E-state index is 0.0524. The van der Waals surface area contributed by atoms with Crippen molar-refractivity contribution in [3.05, 3.63) is 24.3 Å². The van der Waals surface area contributed by atoms with Crippen molar-refractivity contribution in [2.75, 3.05) is 74.6 Å². The van der Waals surface area contributed by atoms with E-state index in [1.165, 1.54) is 0 Å². The molecule has 262 valence electrons. The Bertz CT molecular complexity index is 1350. The van der Waals surface area contributed by atoms with E-state index in [2.05, 4.69) is 37.2 Å². The number of carbonyl (C=O) groups excluding carboxylic acids is 6. The third kappa shape index (κ3) is 11.7. The monoisotopic (exact) mass is 723 g/mol. The van der Waals surface area contributed by atoms with Gasteiger partial charge in [-0.2, -0.15) is 11.8 Å². The number of benzene rings is 1. The minimum atomic E-state index is -0.427. The fourth-order valence-electron chi connectivity index (χ4n) is 5.60. The Labute approximate surface area is 293 Å². The maximum atomic E-state index is 12.5. The lowest BCUT2D eigenvalue weighted by Gasteiger charge is -2.34. The van der Waals surface area contributed by atoms with Gasteiger partial charge in [0.1, 0.15) is 5.88 Å². The van der Waals surface area contributed by atoms with Crippen LogP contribution in [0.25, 0.3) is 0 Å². The Morgan fingerprint density at radius 2 is 1.44 bits per heavy atom. The maximum absolute atomic E-state index is 12.5. The Kier molecular flexibility index (Phi) is 14.4. The SMILES string of the molecule is O=C(CCl)NCC(=O)N1CCN(C(=O)CNC(=O)CNC(=S)Nc2ccc(NC(=O)CCCC[C@@H]3SC[C@@H]4NC(=O)NC[C@@H]43)cc2)CC1. The number of hydrogen-bond acceptors (Lipinski definition) is 8. The van der Waals surface area contributed by atoms with Gasteiger partial charge in [0.2, 0.25) is 29.5 Å². The average Bonchev–Trinajstić information content (AvgIpc) is 3.49. The first-order chi connectivity index (χ1) is 23.1. The van der Waals surface area contributed by atoms with E-state index in [0.717, 1.165) is 25.0 Å². The number of nitrogens with one attached hydrogen (secondary N) is 7. The summed E-state index contributed by atoms with van der Waals surface area (Å²) in [6.45, 7) is 1.53. The van der Waals surface area contributed by atoms with Gasteiger partial charge in [0.15, 0.2) is 5.11 Å². The number of carbonyl (C=O) groups is 6. The van der Waals surface area contributed by atoms with E-state index >= 15 is 0 Å². The van der Waals surface area contributed by atoms with Crippen LogP contribution in [0.5, 0.6) is 0 Å². The highest BCUT2D eigenvalue weighted by molar-refractivity contribution is 8.00. The summed E-state index contributed by atoms with van der Waals surface area (Å²) >= 11 is 12.6. The molecule has 18 heteroatoms. The van der Waals surface area contributed by atoms with E-state index in [1.54, 1.807) is 34.1 Å². The molecule has 0 aliphatic carbocycles. The smallest absolute Gasteiger partial charge is 0.315 e. The molecule has 3 atom stereocenters. The molecule has 7 amide bonds. The fourth-order valence-corrected chi connectivity index (χ4v) is 7.53. The van der Waals surface area contributed by atoms with Gasteiger partial charge in [0, 0.05) is 73.5 Å². The molecule has 3 fully saturated rings. The van der Waals surface area contributed by atoms with Crippen molar-refractivity contribution in [2.24, 2.45) is 5.92 Å². The van der Waals surface area contributed by atoms with Crippen molar-refractivity contribution < 1.29 is 28.8 Å². The number of amides is 7. The van der Waals surface area contributed by atoms with Gasteiger partial charge in [-0.15, -0.1) is 11.6 Å². The van der Waals surface area contributed by atoms with Crippen LogP contribution in [0.1, 0.15) is 25.7 Å². The molecule has 3 aliphatic rings. The quantitative estimate of drug-likeness (QED) is 0.0783. The normalized spacial score (nSPS) is 20.0. The van der Waals surface area contributed by atoms with Crippen LogP contribution in [0.4, 0.5) is 16.2 Å². The number of unbranched alkanes of at least 4 members (excludes halogenated alkanes) is 1. The second kappa shape index (κ2) is 18.6. The summed E-state index contributed by atoms with van der Waals surface area (Å²) in [6, 6.07) is 7.20. The van der Waals surface area contributed by atoms with Crippen molar-refractivity contribution in [2.45, 2.75) is 37.0 Å². The predicted molar refractivity (Wildman–Crippen MR) is 188 cm³/mol. The first-order valence-electron chi connectivity index (χ1n) is 15.9. The van der Waals surface area contributed by atoms with Crippen molar-refractivity contribution in [3.8, 4) is 0 Å². The van der Waals surface area contributed by atoms with E-state index in [0.29, 0.717) is 61.7 Å². The van der Waals surface area contributed by atoms with Crippen molar-refractivity contribution >= 4 is 87.6 Å². The zero-order chi connectivity index (χ0) is 34.5. The van der Waals surface area contributed by atoms with Gasteiger partial charge in [-0.1, -0.05) is 6.42 Å². The predicted octanol–water partition coefficient (Wildman–Crippen LogP) is 0.0269. The molecule has 4 rings (SSSR count). The lowest BCUT2D eigenvalue weighted by Crippen LogP contribution is -2.55. The van der Waals surface area contributed by atoms with Crippen LogP contribution in [0.3, 0.4) is 0 Å². The highest BCUT2D eigenvalue weighted by Gasteiger charge is 2.39. The molecular weight excluding hydrogens is 682 g/mol. The highest BCUT2D eigenvalue weighted by atomic mass is 35.5. The molecule has 0 radical (unpaired) electrons. The third-order valence-corrected chi connectivity index (χ3v) is 10.3. The molecule has 0 unspecified atom stereocenters. The summed E-state index contributed by atoms with van der Waals surface area (Å²) in [4.78, 5) is 75.3. The molecule has 0 spiro atoms. The van der Waals surface area contributed by atoms with Crippen molar-refractivity contribution in [1.29, 1.82) is 0 Å². The van der Waals surface area contributed by atoms with Gasteiger partial charge in [-0.3, -0.25) is 24.0 Å². The number of rotatable bonds is 14. The van der Waals surface area contributed by atoms with Gasteiger partial charge >= 0.3 is 6.03 Å². The van der Waals surface area contributed by atoms with Gasteiger partial charge in [-0.05, 0) is 49.3 Å². The van der Waals surface area contributed by atoms with Crippen LogP contribution in [0, 0.1) is 5.92 Å². The van der Waals surface area contributed by atoms with Crippen LogP contribution in [0.15, 0.2) is 24.3 Å². The maximum Gasteiger partial charge on any atom is 0.315 e. The van der Waals surface area contributed by atoms with E-state index in [1.807, 2.05) is 11.8 Å². The van der Waals surface area contributed by atoms with Crippen LogP contribution in [-0.2, 0) is 24.0 Å². The summed E-state index contributed by atoms with van der Waals surface area (Å²) in [6.07, 6.45) is 3.19. The number of hydrogen-bond donors (Lipinski definition) is 7. The summed E-state index contributed by atoms with van der Waals surface area (Å²) in [7, 11) is 0. The molecule has 7 N–H and O–H groups in total. The van der Waals surface area contributed by atoms with Gasteiger partial charge in [-0.25, -0.2) is 4.79 Å². The molecular formula is C30H42ClN9O6S2. The second-order valence-corrected chi connectivity index (χ2v) is 13.6. The molecule has 0 aromatic heterocycles. The number of nitrogens with zero attached hydrogens (tertiary/aromatic N) is 2. The molecule has 48 heavy (non-hydrogen) atoms. The Balaban J connectivity index is 1.04. The van der Waals surface area contributed by atoms with E-state index in [9.17, 15) is 28.8 Å². The lowest BCUT2D eigenvalue weighted by molar-refractivity contribution is -0.139. The molecule has 1 aromatic carbocycles. The summed E-state index contributed by atoms with van der Waals surface area (Å²) < 4.78 is 0. The van der Waals surface area contributed by atoms with Crippen LogP contribution >= 0.6 is 35.6 Å². The summed E-state index contributed by atoms with van der Waals surface area (Å²) in [5.74, 6) is -0.252. The summed E-state index contributed by atoms with van der Waals surface area (Å²) in [5.41, 5.74) is 1.33. The van der Waals surface area contributed by atoms with Crippen LogP contribution < -0.4 is 37.2 Å². The van der Waals surface area contributed by atoms with Gasteiger partial charge < -0.3 is 47.0 Å². The number of alkyl halides is 1. The number of fused-ring (bicyclic) bond motifs is 1. The van der Waals surface area contributed by atoms with Gasteiger partial charge in [0.05, 0.1) is 19.6 Å². The molecule has 3 heterocycles. The zero-order valence-corrected chi connectivity index (χ0v) is 28.9. The van der Waals surface area contributed by atoms with E-state index < -0.39 is 11.8 Å². The van der Waals surface area contributed by atoms with Gasteiger partial charge in [0.25, 0.3) is 0 Å². The molecule has 3 saturated heterocycles. The number of urea groups is 1. The number of piperazine rings is 1. The largest absolute Gasteiger partial charge is 0.353 e. The van der Waals surface area contributed by atoms with Crippen molar-refractivity contribution in [3.63, 3.8) is 0 Å². The van der Waals surface area contributed by atoms with E-state index in [4.69, 9.17) is 23.8 Å². The second-order valence-electron chi connectivity index (χ2n) is 11.6. The topological polar surface area (TPSA) is 193 Å². The molecule has 1 aromatic rings. The van der Waals surface area contributed by atoms with Crippen LogP contribution in [0.2, 0.25) is 0 Å².